The average Bonchev–Trinajstić information content (AvgIpc) is 2.46. The minimum atomic E-state index is 0.377. The van der Waals surface area contributed by atoms with Crippen molar-refractivity contribution in [1.82, 2.24) is 10.2 Å². The number of likely N-dealkylation sites (N-methyl/N-ethyl adjacent to an activating group) is 1. The van der Waals surface area contributed by atoms with Crippen LogP contribution in [0.25, 0.3) is 10.8 Å². The first kappa shape index (κ1) is 15.0. The van der Waals surface area contributed by atoms with Crippen molar-refractivity contribution in [3.63, 3.8) is 0 Å². The van der Waals surface area contributed by atoms with Crippen molar-refractivity contribution in [3.8, 4) is 0 Å². The Balaban J connectivity index is 2.03. The molecule has 1 N–H and O–H groups in total. The maximum atomic E-state index is 3.64. The van der Waals surface area contributed by atoms with Crippen LogP contribution in [0.15, 0.2) is 42.5 Å². The summed E-state index contributed by atoms with van der Waals surface area (Å²) in [7, 11) is 2.18. The molecule has 0 aliphatic heterocycles. The van der Waals surface area contributed by atoms with Gasteiger partial charge in [0.25, 0.3) is 0 Å². The highest BCUT2D eigenvalue weighted by Crippen LogP contribution is 2.23. The van der Waals surface area contributed by atoms with Gasteiger partial charge in [-0.05, 0) is 44.2 Å². The molecule has 0 aliphatic rings. The van der Waals surface area contributed by atoms with Gasteiger partial charge in [0.15, 0.2) is 0 Å². The Labute approximate surface area is 122 Å². The number of benzene rings is 2. The summed E-state index contributed by atoms with van der Waals surface area (Å²) in [6.07, 6.45) is 0. The van der Waals surface area contributed by atoms with Crippen LogP contribution in [0.2, 0.25) is 0 Å². The molecule has 0 spiro atoms. The fraction of sp³-hybridized carbons (Fsp3) is 0.444. The number of nitrogens with zero attached hydrogens (tertiary/aromatic N) is 1. The summed E-state index contributed by atoms with van der Waals surface area (Å²) in [6.45, 7) is 8.80. The van der Waals surface area contributed by atoms with Crippen LogP contribution in [0, 0.1) is 0 Å². The van der Waals surface area contributed by atoms with Gasteiger partial charge in [0.2, 0.25) is 0 Å². The van der Waals surface area contributed by atoms with E-state index in [4.69, 9.17) is 0 Å². The molecule has 0 heterocycles. The molecule has 2 nitrogen and oxygen atoms in total. The van der Waals surface area contributed by atoms with E-state index in [1.54, 1.807) is 0 Å². The van der Waals surface area contributed by atoms with Gasteiger partial charge in [-0.3, -0.25) is 0 Å². The Kier molecular flexibility index (Phi) is 5.16. The molecule has 0 aliphatic carbocycles. The summed E-state index contributed by atoms with van der Waals surface area (Å²) in [5.74, 6) is 0. The van der Waals surface area contributed by atoms with Gasteiger partial charge in [0.1, 0.15) is 0 Å². The molecule has 0 fully saturated rings. The first-order chi connectivity index (χ1) is 9.59. The number of nitrogens with one attached hydrogen (secondary N) is 1. The van der Waals surface area contributed by atoms with Crippen LogP contribution in [0.4, 0.5) is 0 Å². The second-order valence-corrected chi connectivity index (χ2v) is 5.82. The Bertz CT molecular complexity index is 543. The largest absolute Gasteiger partial charge is 0.309 e. The van der Waals surface area contributed by atoms with Crippen molar-refractivity contribution in [2.75, 3.05) is 20.1 Å². The topological polar surface area (TPSA) is 15.3 Å². The van der Waals surface area contributed by atoms with Gasteiger partial charge >= 0.3 is 0 Å². The normalized spacial score (nSPS) is 13.3. The van der Waals surface area contributed by atoms with E-state index < -0.39 is 0 Å². The molecule has 2 aromatic carbocycles. The Hall–Kier alpha value is -1.38. The Morgan fingerprint density at radius 1 is 1.00 bits per heavy atom. The van der Waals surface area contributed by atoms with Gasteiger partial charge in [-0.2, -0.15) is 0 Å². The van der Waals surface area contributed by atoms with E-state index in [1.165, 1.54) is 16.3 Å². The van der Waals surface area contributed by atoms with Crippen LogP contribution in [-0.2, 0) is 0 Å². The molecular formula is C18H26N2. The smallest absolute Gasteiger partial charge is 0.0298 e. The highest BCUT2D eigenvalue weighted by Gasteiger charge is 2.09. The lowest BCUT2D eigenvalue weighted by atomic mass is 10.00. The van der Waals surface area contributed by atoms with Gasteiger partial charge in [0.05, 0.1) is 0 Å². The Morgan fingerprint density at radius 3 is 2.45 bits per heavy atom. The van der Waals surface area contributed by atoms with Crippen molar-refractivity contribution in [3.05, 3.63) is 48.0 Å². The summed E-state index contributed by atoms with van der Waals surface area (Å²) in [5.41, 5.74) is 1.38. The molecule has 2 heteroatoms. The number of hydrogen-bond donors (Lipinski definition) is 1. The zero-order chi connectivity index (χ0) is 14.5. The monoisotopic (exact) mass is 270 g/mol. The predicted octanol–water partition coefficient (Wildman–Crippen LogP) is 3.83. The second-order valence-electron chi connectivity index (χ2n) is 5.82. The third-order valence-electron chi connectivity index (χ3n) is 4.09. The molecule has 2 aromatic rings. The molecule has 0 saturated carbocycles. The molecule has 108 valence electrons. The van der Waals surface area contributed by atoms with Gasteiger partial charge in [0, 0.05) is 25.2 Å². The average molecular weight is 270 g/mol. The highest BCUT2D eigenvalue weighted by atomic mass is 15.1. The van der Waals surface area contributed by atoms with Gasteiger partial charge in [-0.1, -0.05) is 42.5 Å². The molecule has 20 heavy (non-hydrogen) atoms. The van der Waals surface area contributed by atoms with E-state index in [0.717, 1.165) is 13.1 Å². The molecule has 0 radical (unpaired) electrons. The molecule has 0 aromatic heterocycles. The van der Waals surface area contributed by atoms with Crippen molar-refractivity contribution >= 4 is 10.8 Å². The van der Waals surface area contributed by atoms with Crippen molar-refractivity contribution in [2.24, 2.45) is 0 Å². The maximum absolute atomic E-state index is 3.64. The van der Waals surface area contributed by atoms with E-state index in [0.29, 0.717) is 12.1 Å². The van der Waals surface area contributed by atoms with Crippen LogP contribution in [0.5, 0.6) is 0 Å². The Morgan fingerprint density at radius 2 is 1.70 bits per heavy atom. The first-order valence-electron chi connectivity index (χ1n) is 7.51. The minimum absolute atomic E-state index is 0.377. The number of fused-ring (bicyclic) bond motifs is 1. The molecule has 2 rings (SSSR count). The van der Waals surface area contributed by atoms with Gasteiger partial charge in [-0.25, -0.2) is 0 Å². The quantitative estimate of drug-likeness (QED) is 0.858. The van der Waals surface area contributed by atoms with Crippen molar-refractivity contribution < 1.29 is 0 Å². The van der Waals surface area contributed by atoms with Crippen molar-refractivity contribution in [2.45, 2.75) is 32.9 Å². The van der Waals surface area contributed by atoms with E-state index in [1.807, 2.05) is 0 Å². The van der Waals surface area contributed by atoms with Crippen LogP contribution in [0.1, 0.15) is 32.4 Å². The zero-order valence-corrected chi connectivity index (χ0v) is 13.1. The number of rotatable bonds is 6. The molecular weight excluding hydrogens is 244 g/mol. The fourth-order valence-electron chi connectivity index (χ4n) is 2.45. The molecule has 1 atom stereocenters. The zero-order valence-electron chi connectivity index (χ0n) is 13.1. The molecule has 0 amide bonds. The summed E-state index contributed by atoms with van der Waals surface area (Å²) in [4.78, 5) is 2.36. The minimum Gasteiger partial charge on any atom is -0.309 e. The van der Waals surface area contributed by atoms with Gasteiger partial charge < -0.3 is 10.2 Å². The lowest BCUT2D eigenvalue weighted by molar-refractivity contribution is 0.270. The highest BCUT2D eigenvalue weighted by molar-refractivity contribution is 5.86. The second kappa shape index (κ2) is 6.87. The summed E-state index contributed by atoms with van der Waals surface area (Å²) < 4.78 is 0. The van der Waals surface area contributed by atoms with Crippen LogP contribution < -0.4 is 5.32 Å². The van der Waals surface area contributed by atoms with E-state index >= 15 is 0 Å². The lowest BCUT2D eigenvalue weighted by Crippen LogP contribution is -2.34. The van der Waals surface area contributed by atoms with Crippen LogP contribution in [-0.4, -0.2) is 31.1 Å². The standard InChI is InChI=1S/C18H26N2/c1-14(2)20(4)13-12-19-15(3)17-11-7-9-16-8-5-6-10-18(16)17/h5-11,14-15,19H,12-13H2,1-4H3. The fourth-order valence-corrected chi connectivity index (χ4v) is 2.45. The molecule has 1 unspecified atom stereocenters. The van der Waals surface area contributed by atoms with E-state index in [2.05, 4.69) is 80.5 Å². The summed E-state index contributed by atoms with van der Waals surface area (Å²) in [6, 6.07) is 16.1. The van der Waals surface area contributed by atoms with Gasteiger partial charge in [-0.15, -0.1) is 0 Å². The predicted molar refractivity (Wildman–Crippen MR) is 88.1 cm³/mol. The SMILES string of the molecule is CC(NCCN(C)C(C)C)c1cccc2ccccc12. The lowest BCUT2D eigenvalue weighted by Gasteiger charge is -2.23. The molecule has 0 saturated heterocycles. The van der Waals surface area contributed by atoms with Crippen LogP contribution >= 0.6 is 0 Å². The molecule has 0 bridgehead atoms. The maximum Gasteiger partial charge on any atom is 0.0298 e. The third-order valence-corrected chi connectivity index (χ3v) is 4.09. The van der Waals surface area contributed by atoms with E-state index in [9.17, 15) is 0 Å². The third kappa shape index (κ3) is 3.59. The number of hydrogen-bond acceptors (Lipinski definition) is 2. The van der Waals surface area contributed by atoms with Crippen LogP contribution in [0.3, 0.4) is 0 Å². The van der Waals surface area contributed by atoms with E-state index in [-0.39, 0.29) is 0 Å². The summed E-state index contributed by atoms with van der Waals surface area (Å²) >= 11 is 0. The first-order valence-corrected chi connectivity index (χ1v) is 7.51. The summed E-state index contributed by atoms with van der Waals surface area (Å²) in [5, 5.41) is 6.31. The van der Waals surface area contributed by atoms with Crippen molar-refractivity contribution in [1.29, 1.82) is 0 Å².